The zero-order valence-electron chi connectivity index (χ0n) is 22.8. The summed E-state index contributed by atoms with van der Waals surface area (Å²) in [5, 5.41) is 10.1. The molecule has 0 aromatic heterocycles. The third kappa shape index (κ3) is 29.1. The van der Waals surface area contributed by atoms with Gasteiger partial charge >= 0.3 is 0 Å². The molecule has 0 fully saturated rings. The first-order valence-electron chi connectivity index (χ1n) is 14.9. The maximum Gasteiger partial charge on any atom is 0.0543 e. The highest BCUT2D eigenvalue weighted by molar-refractivity contribution is 4.83. The Labute approximate surface area is 209 Å². The van der Waals surface area contributed by atoms with Crippen molar-refractivity contribution in [2.24, 2.45) is 0 Å². The average Bonchev–Trinajstić information content (AvgIpc) is 2.82. The van der Waals surface area contributed by atoms with Crippen LogP contribution in [0, 0.1) is 0 Å². The Hall–Kier alpha value is -0.820. The van der Waals surface area contributed by atoms with E-state index >= 15 is 0 Å². The molecule has 0 aliphatic heterocycles. The second kappa shape index (κ2) is 29.2. The summed E-state index contributed by atoms with van der Waals surface area (Å²) in [6.45, 7) is 4.53. The van der Waals surface area contributed by atoms with Crippen LogP contribution in [0.25, 0.3) is 0 Å². The Morgan fingerprint density at radius 3 is 1.21 bits per heavy atom. The van der Waals surface area contributed by atoms with Gasteiger partial charge in [-0.3, -0.25) is 0 Å². The van der Waals surface area contributed by atoms with Crippen molar-refractivity contribution in [1.29, 1.82) is 0 Å². The molecule has 0 bridgehead atoms. The van der Waals surface area contributed by atoms with Gasteiger partial charge in [0.25, 0.3) is 0 Å². The molecule has 1 unspecified atom stereocenters. The molecule has 0 saturated carbocycles. The highest BCUT2D eigenvalue weighted by atomic mass is 16.3. The van der Waals surface area contributed by atoms with Crippen LogP contribution in [0.3, 0.4) is 0 Å². The van der Waals surface area contributed by atoms with E-state index in [4.69, 9.17) is 0 Å². The lowest BCUT2D eigenvalue weighted by Gasteiger charge is -2.08. The zero-order chi connectivity index (χ0) is 24.1. The van der Waals surface area contributed by atoms with Crippen LogP contribution in [0.2, 0.25) is 0 Å². The summed E-state index contributed by atoms with van der Waals surface area (Å²) < 4.78 is 0. The SMILES string of the molecule is CCCCC/C=C\CCCCCCCCC=CCCC(O)CCCCC=CCCCCCC. The van der Waals surface area contributed by atoms with Crippen LogP contribution in [-0.4, -0.2) is 11.2 Å². The summed E-state index contributed by atoms with van der Waals surface area (Å²) in [4.78, 5) is 0. The van der Waals surface area contributed by atoms with Crippen molar-refractivity contribution in [1.82, 2.24) is 0 Å². The van der Waals surface area contributed by atoms with Gasteiger partial charge in [-0.05, 0) is 83.5 Å². The Morgan fingerprint density at radius 1 is 0.394 bits per heavy atom. The molecule has 0 spiro atoms. The molecule has 1 N–H and O–H groups in total. The summed E-state index contributed by atoms with van der Waals surface area (Å²) in [6, 6.07) is 0. The van der Waals surface area contributed by atoms with Crippen molar-refractivity contribution in [3.8, 4) is 0 Å². The molecule has 1 heteroatoms. The normalized spacial score (nSPS) is 13.2. The minimum Gasteiger partial charge on any atom is -0.393 e. The molecule has 194 valence electrons. The Kier molecular flexibility index (Phi) is 28.5. The Morgan fingerprint density at radius 2 is 0.727 bits per heavy atom. The van der Waals surface area contributed by atoms with Gasteiger partial charge in [-0.2, -0.15) is 0 Å². The van der Waals surface area contributed by atoms with Crippen LogP contribution >= 0.6 is 0 Å². The number of allylic oxidation sites excluding steroid dienone is 6. The standard InChI is InChI=1S/C32H60O/c1-3-5-7-9-11-13-15-16-17-18-19-20-21-23-25-27-29-31-32(33)30-28-26-24-22-14-12-10-8-6-4-2/h11,13-14,22,25,27,32-33H,3-10,12,15-21,23-24,26,28-31H2,1-2H3/b13-11-,22-14?,27-25?. The fourth-order valence-corrected chi connectivity index (χ4v) is 4.21. The monoisotopic (exact) mass is 460 g/mol. The van der Waals surface area contributed by atoms with E-state index in [1.165, 1.54) is 122 Å². The van der Waals surface area contributed by atoms with Gasteiger partial charge in [0.2, 0.25) is 0 Å². The molecule has 0 aliphatic carbocycles. The molecular formula is C32H60O. The summed E-state index contributed by atoms with van der Waals surface area (Å²) >= 11 is 0. The van der Waals surface area contributed by atoms with Crippen molar-refractivity contribution in [2.75, 3.05) is 0 Å². The second-order valence-corrected chi connectivity index (χ2v) is 9.97. The van der Waals surface area contributed by atoms with E-state index in [1.54, 1.807) is 0 Å². The number of aliphatic hydroxyl groups excluding tert-OH is 1. The summed E-state index contributed by atoms with van der Waals surface area (Å²) in [7, 11) is 0. The van der Waals surface area contributed by atoms with E-state index in [1.807, 2.05) is 0 Å². The van der Waals surface area contributed by atoms with Gasteiger partial charge in [-0.15, -0.1) is 0 Å². The van der Waals surface area contributed by atoms with Crippen molar-refractivity contribution >= 4 is 0 Å². The molecule has 0 radical (unpaired) electrons. The topological polar surface area (TPSA) is 20.2 Å². The molecule has 0 rings (SSSR count). The van der Waals surface area contributed by atoms with Gasteiger partial charge in [-0.1, -0.05) is 115 Å². The molecule has 0 heterocycles. The molecule has 0 aliphatic rings. The van der Waals surface area contributed by atoms with Gasteiger partial charge in [0, 0.05) is 0 Å². The lowest BCUT2D eigenvalue weighted by molar-refractivity contribution is 0.152. The largest absolute Gasteiger partial charge is 0.393 e. The van der Waals surface area contributed by atoms with Crippen LogP contribution in [0.4, 0.5) is 0 Å². The third-order valence-corrected chi connectivity index (χ3v) is 6.51. The van der Waals surface area contributed by atoms with Crippen molar-refractivity contribution in [2.45, 2.75) is 168 Å². The summed E-state index contributed by atoms with van der Waals surface area (Å²) in [5.74, 6) is 0. The van der Waals surface area contributed by atoms with Crippen LogP contribution in [0.1, 0.15) is 162 Å². The predicted octanol–water partition coefficient (Wildman–Crippen LogP) is 11.0. The van der Waals surface area contributed by atoms with Gasteiger partial charge in [-0.25, -0.2) is 0 Å². The van der Waals surface area contributed by atoms with E-state index in [-0.39, 0.29) is 6.10 Å². The number of hydrogen-bond acceptors (Lipinski definition) is 1. The molecule has 33 heavy (non-hydrogen) atoms. The zero-order valence-corrected chi connectivity index (χ0v) is 22.8. The predicted molar refractivity (Wildman–Crippen MR) is 151 cm³/mol. The highest BCUT2D eigenvalue weighted by Crippen LogP contribution is 2.12. The second-order valence-electron chi connectivity index (χ2n) is 9.97. The van der Waals surface area contributed by atoms with Gasteiger partial charge in [0.1, 0.15) is 0 Å². The number of aliphatic hydroxyl groups is 1. The first-order chi connectivity index (χ1) is 16.3. The maximum absolute atomic E-state index is 10.1. The fraction of sp³-hybridized carbons (Fsp3) is 0.812. The first kappa shape index (κ1) is 32.2. The van der Waals surface area contributed by atoms with Crippen molar-refractivity contribution in [3.63, 3.8) is 0 Å². The van der Waals surface area contributed by atoms with E-state index in [2.05, 4.69) is 50.3 Å². The Balaban J connectivity index is 3.29. The van der Waals surface area contributed by atoms with Crippen LogP contribution in [0.5, 0.6) is 0 Å². The van der Waals surface area contributed by atoms with Crippen LogP contribution in [-0.2, 0) is 0 Å². The van der Waals surface area contributed by atoms with Crippen LogP contribution in [0.15, 0.2) is 36.5 Å². The van der Waals surface area contributed by atoms with E-state index < -0.39 is 0 Å². The van der Waals surface area contributed by atoms with E-state index in [0.29, 0.717) is 0 Å². The minimum atomic E-state index is -0.112. The molecule has 1 atom stereocenters. The van der Waals surface area contributed by atoms with Gasteiger partial charge in [0.15, 0.2) is 0 Å². The molecule has 0 amide bonds. The fourth-order valence-electron chi connectivity index (χ4n) is 4.21. The van der Waals surface area contributed by atoms with Gasteiger partial charge < -0.3 is 5.11 Å². The van der Waals surface area contributed by atoms with E-state index in [9.17, 15) is 5.11 Å². The smallest absolute Gasteiger partial charge is 0.0543 e. The quantitative estimate of drug-likeness (QED) is 0.100. The first-order valence-corrected chi connectivity index (χ1v) is 14.9. The lowest BCUT2D eigenvalue weighted by atomic mass is 10.0. The van der Waals surface area contributed by atoms with Crippen LogP contribution < -0.4 is 0 Å². The summed E-state index contributed by atoms with van der Waals surface area (Å²) in [6.07, 6.45) is 43.2. The van der Waals surface area contributed by atoms with Crippen molar-refractivity contribution < 1.29 is 5.11 Å². The number of unbranched alkanes of at least 4 members (excludes halogenated alkanes) is 16. The van der Waals surface area contributed by atoms with Gasteiger partial charge in [0.05, 0.1) is 6.10 Å². The van der Waals surface area contributed by atoms with E-state index in [0.717, 1.165) is 25.7 Å². The molecular weight excluding hydrogens is 400 g/mol. The van der Waals surface area contributed by atoms with Crippen molar-refractivity contribution in [3.05, 3.63) is 36.5 Å². The number of rotatable bonds is 26. The number of hydrogen-bond donors (Lipinski definition) is 1. The minimum absolute atomic E-state index is 0.112. The average molecular weight is 461 g/mol. The highest BCUT2D eigenvalue weighted by Gasteiger charge is 2.01. The third-order valence-electron chi connectivity index (χ3n) is 6.51. The Bertz CT molecular complexity index is 434. The molecule has 0 saturated heterocycles. The molecule has 0 aromatic carbocycles. The lowest BCUT2D eigenvalue weighted by Crippen LogP contribution is -2.05. The summed E-state index contributed by atoms with van der Waals surface area (Å²) in [5.41, 5.74) is 0. The molecule has 1 nitrogen and oxygen atoms in total. The maximum atomic E-state index is 10.1. The molecule has 0 aromatic rings.